The standard InChI is InChI=1S/C23H20ClN3O3/c1-3-29-21-11-5-16(6-12-21)22-18(13-17(14-25)23(28)30-4-2)15-27(26-22)20-9-7-19(24)8-10-20/h5-13,15H,3-4H2,1-2H3/b17-13-. The number of nitrogens with zero attached hydrogens (tertiary/aromatic N) is 3. The molecule has 30 heavy (non-hydrogen) atoms. The van der Waals surface area contributed by atoms with Crippen molar-refractivity contribution in [3.8, 4) is 28.8 Å². The van der Waals surface area contributed by atoms with Gasteiger partial charge in [0, 0.05) is 22.3 Å². The van der Waals surface area contributed by atoms with Gasteiger partial charge in [-0.05, 0) is 68.5 Å². The van der Waals surface area contributed by atoms with Crippen LogP contribution < -0.4 is 4.74 Å². The second-order valence-corrected chi connectivity index (χ2v) is 6.64. The van der Waals surface area contributed by atoms with Gasteiger partial charge in [-0.25, -0.2) is 9.48 Å². The molecule has 0 saturated heterocycles. The molecule has 152 valence electrons. The van der Waals surface area contributed by atoms with Crippen molar-refractivity contribution < 1.29 is 14.3 Å². The molecule has 0 atom stereocenters. The van der Waals surface area contributed by atoms with Gasteiger partial charge in [0.05, 0.1) is 24.6 Å². The van der Waals surface area contributed by atoms with E-state index in [-0.39, 0.29) is 12.2 Å². The Morgan fingerprint density at radius 3 is 2.43 bits per heavy atom. The summed E-state index contributed by atoms with van der Waals surface area (Å²) in [6, 6.07) is 16.6. The van der Waals surface area contributed by atoms with Crippen LogP contribution in [0.15, 0.2) is 60.3 Å². The summed E-state index contributed by atoms with van der Waals surface area (Å²) < 4.78 is 12.1. The Morgan fingerprint density at radius 1 is 1.13 bits per heavy atom. The lowest BCUT2D eigenvalue weighted by Gasteiger charge is -2.05. The maximum Gasteiger partial charge on any atom is 0.348 e. The highest BCUT2D eigenvalue weighted by Gasteiger charge is 2.16. The van der Waals surface area contributed by atoms with Gasteiger partial charge in [0.2, 0.25) is 0 Å². The zero-order valence-corrected chi connectivity index (χ0v) is 17.4. The monoisotopic (exact) mass is 421 g/mol. The third kappa shape index (κ3) is 4.88. The Hall–Kier alpha value is -3.56. The molecule has 0 saturated carbocycles. The number of ether oxygens (including phenoxy) is 2. The minimum atomic E-state index is -0.670. The quantitative estimate of drug-likeness (QED) is 0.302. The lowest BCUT2D eigenvalue weighted by Crippen LogP contribution is -2.06. The number of aromatic nitrogens is 2. The highest BCUT2D eigenvalue weighted by Crippen LogP contribution is 2.28. The van der Waals surface area contributed by atoms with Crippen LogP contribution in [0.4, 0.5) is 0 Å². The number of hydrogen-bond donors (Lipinski definition) is 0. The molecular weight excluding hydrogens is 402 g/mol. The highest BCUT2D eigenvalue weighted by molar-refractivity contribution is 6.30. The van der Waals surface area contributed by atoms with E-state index in [0.29, 0.717) is 22.9 Å². The number of rotatable bonds is 7. The topological polar surface area (TPSA) is 77.1 Å². The van der Waals surface area contributed by atoms with E-state index in [2.05, 4.69) is 5.10 Å². The van der Waals surface area contributed by atoms with Crippen LogP contribution in [-0.4, -0.2) is 29.0 Å². The molecule has 3 aromatic rings. The van der Waals surface area contributed by atoms with E-state index < -0.39 is 5.97 Å². The van der Waals surface area contributed by atoms with Crippen LogP contribution in [0.5, 0.6) is 5.75 Å². The summed E-state index contributed by atoms with van der Waals surface area (Å²) in [5, 5.41) is 14.7. The molecular formula is C23H20ClN3O3. The van der Waals surface area contributed by atoms with Crippen LogP contribution in [0.2, 0.25) is 5.02 Å². The third-order valence-electron chi connectivity index (χ3n) is 4.19. The number of benzene rings is 2. The van der Waals surface area contributed by atoms with Gasteiger partial charge in [-0.15, -0.1) is 0 Å². The van der Waals surface area contributed by atoms with E-state index in [9.17, 15) is 10.1 Å². The predicted octanol–water partition coefficient (Wildman–Crippen LogP) is 5.06. The first kappa shape index (κ1) is 21.2. The minimum Gasteiger partial charge on any atom is -0.494 e. The second-order valence-electron chi connectivity index (χ2n) is 6.20. The van der Waals surface area contributed by atoms with Crippen LogP contribution in [0, 0.1) is 11.3 Å². The molecule has 0 N–H and O–H groups in total. The molecule has 7 heteroatoms. The summed E-state index contributed by atoms with van der Waals surface area (Å²) in [4.78, 5) is 12.1. The van der Waals surface area contributed by atoms with Crippen molar-refractivity contribution in [3.63, 3.8) is 0 Å². The molecule has 0 spiro atoms. The number of carbonyl (C=O) groups is 1. The summed E-state index contributed by atoms with van der Waals surface area (Å²) in [7, 11) is 0. The Bertz CT molecular complexity index is 1090. The summed E-state index contributed by atoms with van der Waals surface area (Å²) in [5.74, 6) is 0.0802. The maximum atomic E-state index is 12.1. The van der Waals surface area contributed by atoms with Crippen molar-refractivity contribution in [2.24, 2.45) is 0 Å². The molecule has 0 amide bonds. The molecule has 1 aromatic heterocycles. The Labute approximate surface area is 179 Å². The fourth-order valence-corrected chi connectivity index (χ4v) is 2.95. The maximum absolute atomic E-state index is 12.1. The minimum absolute atomic E-state index is 0.0975. The van der Waals surface area contributed by atoms with Crippen LogP contribution in [0.3, 0.4) is 0 Å². The first-order valence-corrected chi connectivity index (χ1v) is 9.81. The Kier molecular flexibility index (Phi) is 6.89. The van der Waals surface area contributed by atoms with Gasteiger partial charge in [0.25, 0.3) is 0 Å². The average molecular weight is 422 g/mol. The fourth-order valence-electron chi connectivity index (χ4n) is 2.82. The fraction of sp³-hybridized carbons (Fsp3) is 0.174. The van der Waals surface area contributed by atoms with Gasteiger partial charge in [0.1, 0.15) is 17.4 Å². The van der Waals surface area contributed by atoms with Crippen LogP contribution in [0.1, 0.15) is 19.4 Å². The van der Waals surface area contributed by atoms with E-state index in [1.165, 1.54) is 6.08 Å². The van der Waals surface area contributed by atoms with Gasteiger partial charge in [-0.3, -0.25) is 0 Å². The number of hydrogen-bond acceptors (Lipinski definition) is 5. The summed E-state index contributed by atoms with van der Waals surface area (Å²) in [5.41, 5.74) is 2.74. The van der Waals surface area contributed by atoms with Crippen LogP contribution in [0.25, 0.3) is 23.0 Å². The van der Waals surface area contributed by atoms with Crippen molar-refractivity contribution in [1.82, 2.24) is 9.78 Å². The van der Waals surface area contributed by atoms with E-state index in [4.69, 9.17) is 21.1 Å². The molecule has 3 rings (SSSR count). The zero-order valence-electron chi connectivity index (χ0n) is 16.6. The smallest absolute Gasteiger partial charge is 0.348 e. The average Bonchev–Trinajstić information content (AvgIpc) is 3.17. The Morgan fingerprint density at radius 2 is 1.83 bits per heavy atom. The van der Waals surface area contributed by atoms with Gasteiger partial charge in [0.15, 0.2) is 0 Å². The van der Waals surface area contributed by atoms with Crippen molar-refractivity contribution in [2.75, 3.05) is 13.2 Å². The predicted molar refractivity (Wildman–Crippen MR) is 115 cm³/mol. The molecule has 6 nitrogen and oxygen atoms in total. The molecule has 0 aliphatic rings. The molecule has 0 unspecified atom stereocenters. The molecule has 2 aromatic carbocycles. The largest absolute Gasteiger partial charge is 0.494 e. The molecule has 0 radical (unpaired) electrons. The first-order valence-electron chi connectivity index (χ1n) is 9.43. The van der Waals surface area contributed by atoms with Gasteiger partial charge in [-0.2, -0.15) is 10.4 Å². The lowest BCUT2D eigenvalue weighted by atomic mass is 10.1. The second kappa shape index (κ2) is 9.77. The van der Waals surface area contributed by atoms with Gasteiger partial charge in [-0.1, -0.05) is 11.6 Å². The van der Waals surface area contributed by atoms with E-state index >= 15 is 0 Å². The third-order valence-corrected chi connectivity index (χ3v) is 4.44. The van der Waals surface area contributed by atoms with Crippen molar-refractivity contribution >= 4 is 23.6 Å². The lowest BCUT2D eigenvalue weighted by molar-refractivity contribution is -0.137. The van der Waals surface area contributed by atoms with Gasteiger partial charge < -0.3 is 9.47 Å². The summed E-state index contributed by atoms with van der Waals surface area (Å²) >= 11 is 5.99. The number of carbonyl (C=O) groups excluding carboxylic acids is 1. The SMILES string of the molecule is CCOC(=O)/C(C#N)=C\c1cn(-c2ccc(Cl)cc2)nc1-c1ccc(OCC)cc1. The summed E-state index contributed by atoms with van der Waals surface area (Å²) in [6.07, 6.45) is 3.24. The van der Waals surface area contributed by atoms with Gasteiger partial charge >= 0.3 is 5.97 Å². The van der Waals surface area contributed by atoms with Crippen molar-refractivity contribution in [2.45, 2.75) is 13.8 Å². The number of esters is 1. The van der Waals surface area contributed by atoms with E-state index in [0.717, 1.165) is 17.0 Å². The molecule has 0 aliphatic carbocycles. The molecule has 0 aliphatic heterocycles. The number of nitriles is 1. The van der Waals surface area contributed by atoms with E-state index in [1.54, 1.807) is 29.9 Å². The summed E-state index contributed by atoms with van der Waals surface area (Å²) in [6.45, 7) is 4.37. The molecule has 0 fully saturated rings. The van der Waals surface area contributed by atoms with E-state index in [1.807, 2.05) is 49.4 Å². The first-order chi connectivity index (χ1) is 14.5. The van der Waals surface area contributed by atoms with Crippen molar-refractivity contribution in [1.29, 1.82) is 5.26 Å². The van der Waals surface area contributed by atoms with Crippen molar-refractivity contribution in [3.05, 3.63) is 70.9 Å². The molecule has 1 heterocycles. The van der Waals surface area contributed by atoms with Crippen LogP contribution >= 0.6 is 11.6 Å². The number of halogens is 1. The Balaban J connectivity index is 2.10. The normalized spacial score (nSPS) is 11.1. The van der Waals surface area contributed by atoms with Crippen LogP contribution in [-0.2, 0) is 9.53 Å². The molecule has 0 bridgehead atoms. The zero-order chi connectivity index (χ0) is 21.5. The highest BCUT2D eigenvalue weighted by atomic mass is 35.5.